The molecule has 0 amide bonds. The van der Waals surface area contributed by atoms with E-state index in [0.29, 0.717) is 5.41 Å². The zero-order valence-corrected chi connectivity index (χ0v) is 7.19. The molecule has 0 atom stereocenters. The van der Waals surface area contributed by atoms with E-state index in [0.717, 1.165) is 0 Å². The zero-order chi connectivity index (χ0) is 7.45. The largest absolute Gasteiger partial charge is 0.0880 e. The first-order valence-corrected chi connectivity index (χ1v) is 4.51. The van der Waals surface area contributed by atoms with Gasteiger partial charge in [0, 0.05) is 0 Å². The summed E-state index contributed by atoms with van der Waals surface area (Å²) in [4.78, 5) is 0. The van der Waals surface area contributed by atoms with Crippen molar-refractivity contribution in [3.05, 3.63) is 12.2 Å². The third kappa shape index (κ3) is 1.42. The summed E-state index contributed by atoms with van der Waals surface area (Å²) in [7, 11) is 0. The van der Waals surface area contributed by atoms with E-state index in [9.17, 15) is 0 Å². The number of rotatable bonds is 2. The van der Waals surface area contributed by atoms with Crippen molar-refractivity contribution >= 4 is 0 Å². The second-order valence-electron chi connectivity index (χ2n) is 3.36. The van der Waals surface area contributed by atoms with Crippen LogP contribution in [0.2, 0.25) is 0 Å². The summed E-state index contributed by atoms with van der Waals surface area (Å²) < 4.78 is 0. The van der Waals surface area contributed by atoms with Crippen LogP contribution < -0.4 is 0 Å². The lowest BCUT2D eigenvalue weighted by molar-refractivity contribution is 0.304. The van der Waals surface area contributed by atoms with Gasteiger partial charge in [0.2, 0.25) is 0 Å². The topological polar surface area (TPSA) is 0 Å². The monoisotopic (exact) mass is 138 g/mol. The molecular formula is C10H18. The molecule has 0 N–H and O–H groups in total. The van der Waals surface area contributed by atoms with Gasteiger partial charge in [0.05, 0.1) is 0 Å². The smallest absolute Gasteiger partial charge is 0.0123 e. The van der Waals surface area contributed by atoms with Gasteiger partial charge in [-0.25, -0.2) is 0 Å². The SMILES string of the molecule is CCC1(CC)C=CCCC1. The van der Waals surface area contributed by atoms with E-state index in [1.54, 1.807) is 0 Å². The molecule has 0 unspecified atom stereocenters. The van der Waals surface area contributed by atoms with E-state index in [-0.39, 0.29) is 0 Å². The Morgan fingerprint density at radius 3 is 2.30 bits per heavy atom. The fraction of sp³-hybridized carbons (Fsp3) is 0.800. The summed E-state index contributed by atoms with van der Waals surface area (Å²) >= 11 is 0. The highest BCUT2D eigenvalue weighted by Gasteiger charge is 2.23. The molecule has 58 valence electrons. The molecule has 0 aromatic rings. The van der Waals surface area contributed by atoms with E-state index < -0.39 is 0 Å². The van der Waals surface area contributed by atoms with Gasteiger partial charge in [-0.3, -0.25) is 0 Å². The summed E-state index contributed by atoms with van der Waals surface area (Å²) in [6, 6.07) is 0. The van der Waals surface area contributed by atoms with Crippen LogP contribution in [-0.2, 0) is 0 Å². The van der Waals surface area contributed by atoms with Crippen molar-refractivity contribution in [2.45, 2.75) is 46.0 Å². The van der Waals surface area contributed by atoms with Crippen molar-refractivity contribution in [2.24, 2.45) is 5.41 Å². The molecule has 1 aliphatic carbocycles. The van der Waals surface area contributed by atoms with E-state index in [1.807, 2.05) is 0 Å². The Morgan fingerprint density at radius 1 is 1.30 bits per heavy atom. The maximum atomic E-state index is 2.44. The molecule has 0 fully saturated rings. The number of hydrogen-bond donors (Lipinski definition) is 0. The minimum absolute atomic E-state index is 0.582. The van der Waals surface area contributed by atoms with Gasteiger partial charge in [0.25, 0.3) is 0 Å². The van der Waals surface area contributed by atoms with Gasteiger partial charge in [-0.1, -0.05) is 26.0 Å². The van der Waals surface area contributed by atoms with Crippen molar-refractivity contribution in [3.63, 3.8) is 0 Å². The maximum absolute atomic E-state index is 2.44. The Bertz CT molecular complexity index is 118. The van der Waals surface area contributed by atoms with E-state index in [4.69, 9.17) is 0 Å². The summed E-state index contributed by atoms with van der Waals surface area (Å²) in [5.74, 6) is 0. The standard InChI is InChI=1S/C10H18/c1-3-10(4-2)8-6-5-7-9-10/h6,8H,3-5,7,9H2,1-2H3. The van der Waals surface area contributed by atoms with E-state index in [2.05, 4.69) is 26.0 Å². The van der Waals surface area contributed by atoms with Crippen LogP contribution in [0.15, 0.2) is 12.2 Å². The highest BCUT2D eigenvalue weighted by Crippen LogP contribution is 2.36. The highest BCUT2D eigenvalue weighted by atomic mass is 14.3. The molecule has 0 saturated carbocycles. The fourth-order valence-electron chi connectivity index (χ4n) is 1.83. The molecule has 0 aliphatic heterocycles. The van der Waals surface area contributed by atoms with Crippen LogP contribution in [0.4, 0.5) is 0 Å². The molecule has 1 rings (SSSR count). The first kappa shape index (κ1) is 7.84. The van der Waals surface area contributed by atoms with Gasteiger partial charge in [-0.05, 0) is 37.5 Å². The molecule has 0 heterocycles. The Balaban J connectivity index is 2.61. The number of hydrogen-bond acceptors (Lipinski definition) is 0. The Labute approximate surface area is 64.3 Å². The van der Waals surface area contributed by atoms with Crippen molar-refractivity contribution in [3.8, 4) is 0 Å². The second-order valence-corrected chi connectivity index (χ2v) is 3.36. The quantitative estimate of drug-likeness (QED) is 0.512. The molecule has 0 heteroatoms. The Kier molecular flexibility index (Phi) is 2.53. The molecule has 0 spiro atoms. The molecule has 0 saturated heterocycles. The molecule has 1 aliphatic rings. The first-order chi connectivity index (χ1) is 4.83. The van der Waals surface area contributed by atoms with Crippen LogP contribution in [0.25, 0.3) is 0 Å². The third-order valence-electron chi connectivity index (χ3n) is 2.93. The molecule has 0 radical (unpaired) electrons. The zero-order valence-electron chi connectivity index (χ0n) is 7.19. The lowest BCUT2D eigenvalue weighted by Gasteiger charge is -2.30. The molecule has 0 nitrogen and oxygen atoms in total. The second kappa shape index (κ2) is 3.23. The summed E-state index contributed by atoms with van der Waals surface area (Å²) in [5.41, 5.74) is 0.582. The van der Waals surface area contributed by atoms with Crippen molar-refractivity contribution in [1.29, 1.82) is 0 Å². The molecule has 0 aromatic heterocycles. The van der Waals surface area contributed by atoms with Crippen LogP contribution >= 0.6 is 0 Å². The van der Waals surface area contributed by atoms with Gasteiger partial charge in [0.15, 0.2) is 0 Å². The lowest BCUT2D eigenvalue weighted by atomic mass is 9.75. The van der Waals surface area contributed by atoms with Crippen LogP contribution in [0.5, 0.6) is 0 Å². The summed E-state index contributed by atoms with van der Waals surface area (Å²) in [6.45, 7) is 4.61. The van der Waals surface area contributed by atoms with Crippen molar-refractivity contribution in [2.75, 3.05) is 0 Å². The lowest BCUT2D eigenvalue weighted by Crippen LogP contribution is -2.17. The maximum Gasteiger partial charge on any atom is -0.0123 e. The Morgan fingerprint density at radius 2 is 2.00 bits per heavy atom. The predicted molar refractivity (Wildman–Crippen MR) is 46.0 cm³/mol. The first-order valence-electron chi connectivity index (χ1n) is 4.51. The van der Waals surface area contributed by atoms with Gasteiger partial charge in [-0.2, -0.15) is 0 Å². The minimum atomic E-state index is 0.582. The molecule has 0 bridgehead atoms. The van der Waals surface area contributed by atoms with Crippen molar-refractivity contribution < 1.29 is 0 Å². The fourth-order valence-corrected chi connectivity index (χ4v) is 1.83. The highest BCUT2D eigenvalue weighted by molar-refractivity contribution is 5.02. The Hall–Kier alpha value is -0.260. The van der Waals surface area contributed by atoms with Crippen LogP contribution in [0.1, 0.15) is 46.0 Å². The van der Waals surface area contributed by atoms with Gasteiger partial charge < -0.3 is 0 Å². The van der Waals surface area contributed by atoms with Gasteiger partial charge in [0.1, 0.15) is 0 Å². The van der Waals surface area contributed by atoms with Crippen LogP contribution in [0, 0.1) is 5.41 Å². The average molecular weight is 138 g/mol. The van der Waals surface area contributed by atoms with Crippen LogP contribution in [-0.4, -0.2) is 0 Å². The van der Waals surface area contributed by atoms with Gasteiger partial charge >= 0.3 is 0 Å². The minimum Gasteiger partial charge on any atom is -0.0880 e. The van der Waals surface area contributed by atoms with Gasteiger partial charge in [-0.15, -0.1) is 0 Å². The normalized spacial score (nSPS) is 23.0. The third-order valence-corrected chi connectivity index (χ3v) is 2.93. The van der Waals surface area contributed by atoms with E-state index >= 15 is 0 Å². The molecular weight excluding hydrogens is 120 g/mol. The molecule has 10 heavy (non-hydrogen) atoms. The van der Waals surface area contributed by atoms with Crippen molar-refractivity contribution in [1.82, 2.24) is 0 Å². The predicted octanol–water partition coefficient (Wildman–Crippen LogP) is 3.53. The number of allylic oxidation sites excluding steroid dienone is 2. The summed E-state index contributed by atoms with van der Waals surface area (Å²) in [6.07, 6.45) is 11.6. The van der Waals surface area contributed by atoms with E-state index in [1.165, 1.54) is 32.1 Å². The summed E-state index contributed by atoms with van der Waals surface area (Å²) in [5, 5.41) is 0. The average Bonchev–Trinajstić information content (AvgIpc) is 2.06. The van der Waals surface area contributed by atoms with Crippen LogP contribution in [0.3, 0.4) is 0 Å². The molecule has 0 aromatic carbocycles.